The van der Waals surface area contributed by atoms with Crippen molar-refractivity contribution in [3.63, 3.8) is 0 Å². The fourth-order valence-electron chi connectivity index (χ4n) is 6.12. The summed E-state index contributed by atoms with van der Waals surface area (Å²) < 4.78 is 2.33. The summed E-state index contributed by atoms with van der Waals surface area (Å²) in [4.78, 5) is 5.17. The van der Waals surface area contributed by atoms with Crippen molar-refractivity contribution in [1.82, 2.24) is 9.38 Å². The zero-order valence-electron chi connectivity index (χ0n) is 21.0. The number of hydrogen-bond acceptors (Lipinski definition) is 1. The van der Waals surface area contributed by atoms with Gasteiger partial charge >= 0.3 is 235 Å². The van der Waals surface area contributed by atoms with Gasteiger partial charge in [-0.15, -0.1) is 0 Å². The summed E-state index contributed by atoms with van der Waals surface area (Å²) >= 11 is 3.79. The molecule has 6 aromatic carbocycles. The Morgan fingerprint density at radius 2 is 1.15 bits per heavy atom. The molecule has 0 saturated heterocycles. The maximum absolute atomic E-state index is 5.17. The van der Waals surface area contributed by atoms with Gasteiger partial charge in [-0.3, -0.25) is 0 Å². The normalized spacial score (nSPS) is 12.2. The first-order valence-corrected chi connectivity index (χ1v) is 17.1. The summed E-state index contributed by atoms with van der Waals surface area (Å²) in [6, 6.07) is 50.5. The standard InChI is InChI=1S/C35H23N2PSe/c39-38(25-13-3-1-4-14-25,26-15-5-2-6-16-26)32-21-11-12-24-22-23-28-34(33(24)32)27-17-7-9-19-30(27)37-31-20-10-8-18-29(31)36-35(28)37/h1-23H. The number of aromatic nitrogens is 2. The number of rotatable bonds is 3. The van der Waals surface area contributed by atoms with Gasteiger partial charge in [-0.2, -0.15) is 0 Å². The summed E-state index contributed by atoms with van der Waals surface area (Å²) in [5, 5.41) is 10.3. The van der Waals surface area contributed by atoms with Gasteiger partial charge in [0.2, 0.25) is 0 Å². The van der Waals surface area contributed by atoms with E-state index in [-0.39, 0.29) is 0 Å². The average molecular weight is 582 g/mol. The van der Waals surface area contributed by atoms with Gasteiger partial charge in [-0.1, -0.05) is 0 Å². The molecule has 0 amide bonds. The predicted octanol–water partition coefficient (Wildman–Crippen LogP) is 7.32. The second-order valence-corrected chi connectivity index (χ2v) is 16.1. The monoisotopic (exact) mass is 582 g/mol. The molecular weight excluding hydrogens is 558 g/mol. The van der Waals surface area contributed by atoms with Crippen molar-refractivity contribution >= 4 is 85.6 Å². The third-order valence-electron chi connectivity index (χ3n) is 7.82. The molecule has 0 unspecified atom stereocenters. The average Bonchev–Trinajstić information content (AvgIpc) is 3.41. The number of hydrogen-bond donors (Lipinski definition) is 0. The summed E-state index contributed by atoms with van der Waals surface area (Å²) in [6.45, 7) is 0. The molecule has 0 atom stereocenters. The first-order chi connectivity index (χ1) is 19.2. The molecule has 2 nitrogen and oxygen atoms in total. The Morgan fingerprint density at radius 1 is 0.513 bits per heavy atom. The zero-order valence-corrected chi connectivity index (χ0v) is 23.6. The third kappa shape index (κ3) is 3.28. The molecule has 0 bridgehead atoms. The molecule has 39 heavy (non-hydrogen) atoms. The quantitative estimate of drug-likeness (QED) is 0.121. The summed E-state index contributed by atoms with van der Waals surface area (Å²) in [6.07, 6.45) is 0. The van der Waals surface area contributed by atoms with E-state index in [9.17, 15) is 0 Å². The Bertz CT molecular complexity index is 2210. The Balaban J connectivity index is 1.63. The minimum absolute atomic E-state index is 1.00. The fraction of sp³-hybridized carbons (Fsp3) is 0. The van der Waals surface area contributed by atoms with Gasteiger partial charge in [0.25, 0.3) is 0 Å². The van der Waals surface area contributed by atoms with Crippen LogP contribution in [0.25, 0.3) is 49.1 Å². The molecule has 2 heterocycles. The van der Waals surface area contributed by atoms with Gasteiger partial charge in [0.05, 0.1) is 0 Å². The van der Waals surface area contributed by atoms with E-state index in [1.807, 2.05) is 0 Å². The van der Waals surface area contributed by atoms with Crippen LogP contribution in [-0.4, -0.2) is 24.5 Å². The van der Waals surface area contributed by atoms with Gasteiger partial charge < -0.3 is 0 Å². The van der Waals surface area contributed by atoms with Crippen LogP contribution in [0.5, 0.6) is 0 Å². The number of nitrogens with zero attached hydrogens (tertiary/aromatic N) is 2. The molecule has 4 heteroatoms. The topological polar surface area (TPSA) is 17.3 Å². The van der Waals surface area contributed by atoms with Crippen LogP contribution < -0.4 is 15.9 Å². The van der Waals surface area contributed by atoms with E-state index in [1.165, 1.54) is 48.4 Å². The summed E-state index contributed by atoms with van der Waals surface area (Å²) in [5.74, 6) is 0. The molecule has 0 aliphatic rings. The first kappa shape index (κ1) is 22.9. The molecule has 184 valence electrons. The van der Waals surface area contributed by atoms with E-state index in [4.69, 9.17) is 4.98 Å². The van der Waals surface area contributed by atoms with Crippen LogP contribution in [0.3, 0.4) is 0 Å². The Labute approximate surface area is 233 Å². The fourth-order valence-corrected chi connectivity index (χ4v) is 11.5. The number of pyridine rings is 1. The van der Waals surface area contributed by atoms with E-state index in [0.717, 1.165) is 16.7 Å². The Morgan fingerprint density at radius 3 is 1.90 bits per heavy atom. The van der Waals surface area contributed by atoms with Gasteiger partial charge in [0, 0.05) is 0 Å². The van der Waals surface area contributed by atoms with Crippen LogP contribution in [-0.2, 0) is 0 Å². The maximum atomic E-state index is 5.17. The van der Waals surface area contributed by atoms with Crippen molar-refractivity contribution in [2.75, 3.05) is 0 Å². The van der Waals surface area contributed by atoms with Crippen LogP contribution in [0.1, 0.15) is 0 Å². The van der Waals surface area contributed by atoms with E-state index < -0.39 is 5.51 Å². The molecule has 0 aliphatic carbocycles. The molecule has 0 saturated carbocycles. The van der Waals surface area contributed by atoms with Gasteiger partial charge in [-0.25, -0.2) is 0 Å². The number of para-hydroxylation sites is 3. The van der Waals surface area contributed by atoms with Crippen LogP contribution in [0.15, 0.2) is 140 Å². The summed E-state index contributed by atoms with van der Waals surface area (Å²) in [5.41, 5.74) is 2.24. The van der Waals surface area contributed by atoms with Crippen LogP contribution in [0, 0.1) is 0 Å². The van der Waals surface area contributed by atoms with Crippen molar-refractivity contribution in [2.45, 2.75) is 0 Å². The molecule has 8 rings (SSSR count). The van der Waals surface area contributed by atoms with Crippen molar-refractivity contribution in [1.29, 1.82) is 0 Å². The van der Waals surface area contributed by atoms with Gasteiger partial charge in [0.1, 0.15) is 0 Å². The van der Waals surface area contributed by atoms with E-state index in [2.05, 4.69) is 159 Å². The Kier molecular flexibility index (Phi) is 5.15. The molecule has 0 fully saturated rings. The van der Waals surface area contributed by atoms with Crippen LogP contribution in [0.4, 0.5) is 0 Å². The molecular formula is C35H23N2PSe. The minimum atomic E-state index is -2.10. The molecule has 8 aromatic rings. The van der Waals surface area contributed by atoms with Crippen LogP contribution >= 0.6 is 5.51 Å². The molecule has 0 aliphatic heterocycles. The SMILES string of the molecule is [Se]=P(c1ccccc1)(c1ccccc1)c1cccc2ccc3c(c4ccccc4n4c5ccccc5nc34)c12. The van der Waals surface area contributed by atoms with Gasteiger partial charge in [0.15, 0.2) is 0 Å². The molecule has 0 spiro atoms. The third-order valence-corrected chi connectivity index (χ3v) is 14.8. The number of benzene rings is 6. The zero-order chi connectivity index (χ0) is 26.0. The second-order valence-electron chi connectivity index (χ2n) is 9.92. The molecule has 0 N–H and O–H groups in total. The molecule has 0 radical (unpaired) electrons. The van der Waals surface area contributed by atoms with Crippen molar-refractivity contribution in [3.05, 3.63) is 140 Å². The van der Waals surface area contributed by atoms with Crippen molar-refractivity contribution < 1.29 is 0 Å². The number of fused-ring (bicyclic) bond motifs is 10. The van der Waals surface area contributed by atoms with E-state index in [0.29, 0.717) is 0 Å². The van der Waals surface area contributed by atoms with Crippen LogP contribution in [0.2, 0.25) is 0 Å². The van der Waals surface area contributed by atoms with Gasteiger partial charge in [-0.05, 0) is 0 Å². The Hall–Kier alpha value is -4.00. The van der Waals surface area contributed by atoms with E-state index in [1.54, 1.807) is 0 Å². The van der Waals surface area contributed by atoms with Crippen molar-refractivity contribution in [3.8, 4) is 0 Å². The van der Waals surface area contributed by atoms with E-state index >= 15 is 0 Å². The predicted molar refractivity (Wildman–Crippen MR) is 170 cm³/mol. The number of imidazole rings is 1. The summed E-state index contributed by atoms with van der Waals surface area (Å²) in [7, 11) is 0. The first-order valence-electron chi connectivity index (χ1n) is 13.1. The molecule has 2 aromatic heterocycles. The second kappa shape index (κ2) is 8.76. The van der Waals surface area contributed by atoms with Crippen molar-refractivity contribution in [2.24, 2.45) is 0 Å².